The summed E-state index contributed by atoms with van der Waals surface area (Å²) in [6, 6.07) is 5.41. The van der Waals surface area contributed by atoms with Crippen LogP contribution in [0, 0.1) is 6.92 Å². The molecule has 2 aliphatic heterocycles. The maximum atomic E-state index is 6.23. The summed E-state index contributed by atoms with van der Waals surface area (Å²) in [5, 5.41) is 4.39. The van der Waals surface area contributed by atoms with Crippen molar-refractivity contribution in [1.29, 1.82) is 0 Å². The maximum absolute atomic E-state index is 6.23. The van der Waals surface area contributed by atoms with E-state index in [1.807, 2.05) is 6.07 Å². The van der Waals surface area contributed by atoms with E-state index in [2.05, 4.69) is 30.1 Å². The summed E-state index contributed by atoms with van der Waals surface area (Å²) < 4.78 is 0. The molecule has 2 heterocycles. The SMILES string of the molecule is Cc1c(Cl)ccc2c1N1C(C)CNC[C@H]1C2. The first-order valence-corrected chi connectivity index (χ1v) is 6.33. The van der Waals surface area contributed by atoms with E-state index in [9.17, 15) is 0 Å². The minimum absolute atomic E-state index is 0.567. The third-order valence-corrected chi connectivity index (χ3v) is 4.26. The normalized spacial score (nSPS) is 27.8. The summed E-state index contributed by atoms with van der Waals surface area (Å²) in [6.45, 7) is 6.59. The van der Waals surface area contributed by atoms with Crippen LogP contribution in [0.3, 0.4) is 0 Å². The quantitative estimate of drug-likeness (QED) is 0.744. The Bertz CT molecular complexity index is 430. The summed E-state index contributed by atoms with van der Waals surface area (Å²) in [4.78, 5) is 2.56. The Kier molecular flexibility index (Phi) is 2.37. The van der Waals surface area contributed by atoms with E-state index in [-0.39, 0.29) is 0 Å². The lowest BCUT2D eigenvalue weighted by atomic mass is 10.1. The standard InChI is InChI=1S/C13H17ClN2/c1-8-6-15-7-11-5-10-3-4-12(14)9(2)13(10)16(8)11/h3-4,8,11,15H,5-7H2,1-2H3/t8?,11-/m1/s1. The van der Waals surface area contributed by atoms with Crippen LogP contribution in [-0.2, 0) is 6.42 Å². The number of hydrogen-bond acceptors (Lipinski definition) is 2. The Morgan fingerprint density at radius 1 is 1.38 bits per heavy atom. The Morgan fingerprint density at radius 3 is 3.00 bits per heavy atom. The third kappa shape index (κ3) is 1.36. The number of anilines is 1. The molecule has 0 aromatic heterocycles. The second kappa shape index (κ2) is 3.64. The molecule has 2 nitrogen and oxygen atoms in total. The fourth-order valence-electron chi connectivity index (χ4n) is 3.10. The zero-order valence-electron chi connectivity index (χ0n) is 9.76. The van der Waals surface area contributed by atoms with Gasteiger partial charge in [0, 0.05) is 35.9 Å². The third-order valence-electron chi connectivity index (χ3n) is 3.85. The zero-order chi connectivity index (χ0) is 11.3. The number of benzene rings is 1. The molecule has 1 fully saturated rings. The van der Waals surface area contributed by atoms with Gasteiger partial charge < -0.3 is 10.2 Å². The highest BCUT2D eigenvalue weighted by Crippen LogP contribution is 2.40. The van der Waals surface area contributed by atoms with Crippen molar-refractivity contribution in [3.05, 3.63) is 28.3 Å². The van der Waals surface area contributed by atoms with Gasteiger partial charge >= 0.3 is 0 Å². The van der Waals surface area contributed by atoms with Gasteiger partial charge in [-0.3, -0.25) is 0 Å². The first-order chi connectivity index (χ1) is 7.68. The maximum Gasteiger partial charge on any atom is 0.0459 e. The van der Waals surface area contributed by atoms with Crippen molar-refractivity contribution in [3.63, 3.8) is 0 Å². The van der Waals surface area contributed by atoms with Gasteiger partial charge in [0.2, 0.25) is 0 Å². The smallest absolute Gasteiger partial charge is 0.0459 e. The molecule has 0 saturated carbocycles. The molecule has 16 heavy (non-hydrogen) atoms. The Hall–Kier alpha value is -0.730. The molecule has 1 aromatic rings. The van der Waals surface area contributed by atoms with Crippen molar-refractivity contribution >= 4 is 17.3 Å². The van der Waals surface area contributed by atoms with E-state index in [1.165, 1.54) is 16.8 Å². The lowest BCUT2D eigenvalue weighted by Gasteiger charge is -2.39. The predicted octanol–water partition coefficient (Wildman–Crippen LogP) is 2.37. The van der Waals surface area contributed by atoms with Gasteiger partial charge in [0.15, 0.2) is 0 Å². The molecule has 1 unspecified atom stereocenters. The zero-order valence-corrected chi connectivity index (χ0v) is 10.5. The molecule has 1 aromatic carbocycles. The van der Waals surface area contributed by atoms with Crippen LogP contribution in [0.4, 0.5) is 5.69 Å². The number of nitrogens with one attached hydrogen (secondary N) is 1. The number of fused-ring (bicyclic) bond motifs is 3. The van der Waals surface area contributed by atoms with Crippen LogP contribution < -0.4 is 10.2 Å². The second-order valence-electron chi connectivity index (χ2n) is 4.95. The van der Waals surface area contributed by atoms with Crippen molar-refractivity contribution in [2.45, 2.75) is 32.4 Å². The molecule has 3 heteroatoms. The minimum atomic E-state index is 0.567. The fourth-order valence-corrected chi connectivity index (χ4v) is 3.25. The Balaban J connectivity index is 2.11. The predicted molar refractivity (Wildman–Crippen MR) is 68.5 cm³/mol. The van der Waals surface area contributed by atoms with Crippen molar-refractivity contribution in [1.82, 2.24) is 5.32 Å². The molecule has 0 spiro atoms. The molecular weight excluding hydrogens is 220 g/mol. The minimum Gasteiger partial charge on any atom is -0.362 e. The lowest BCUT2D eigenvalue weighted by molar-refractivity contribution is 0.429. The van der Waals surface area contributed by atoms with E-state index in [4.69, 9.17) is 11.6 Å². The van der Waals surface area contributed by atoms with E-state index >= 15 is 0 Å². The Labute approximate surface area is 102 Å². The van der Waals surface area contributed by atoms with Gasteiger partial charge in [-0.1, -0.05) is 17.7 Å². The van der Waals surface area contributed by atoms with Gasteiger partial charge in [-0.15, -0.1) is 0 Å². The van der Waals surface area contributed by atoms with Crippen LogP contribution in [0.1, 0.15) is 18.1 Å². The van der Waals surface area contributed by atoms with Crippen molar-refractivity contribution < 1.29 is 0 Å². The average molecular weight is 237 g/mol. The van der Waals surface area contributed by atoms with Gasteiger partial charge in [-0.2, -0.15) is 0 Å². The number of rotatable bonds is 0. The van der Waals surface area contributed by atoms with E-state index < -0.39 is 0 Å². The van der Waals surface area contributed by atoms with Gasteiger partial charge in [0.05, 0.1) is 0 Å². The van der Waals surface area contributed by atoms with Gasteiger partial charge in [-0.25, -0.2) is 0 Å². The first kappa shape index (κ1) is 10.4. The van der Waals surface area contributed by atoms with Crippen molar-refractivity contribution in [2.24, 2.45) is 0 Å². The highest BCUT2D eigenvalue weighted by molar-refractivity contribution is 6.31. The molecule has 2 aliphatic rings. The summed E-state index contributed by atoms with van der Waals surface area (Å²) in [5.74, 6) is 0. The molecule has 0 bridgehead atoms. The molecule has 0 radical (unpaired) electrons. The van der Waals surface area contributed by atoms with Crippen molar-refractivity contribution in [3.8, 4) is 0 Å². The highest BCUT2D eigenvalue weighted by atomic mass is 35.5. The van der Waals surface area contributed by atoms with Crippen LogP contribution in [0.25, 0.3) is 0 Å². The average Bonchev–Trinajstić information content (AvgIpc) is 2.64. The molecular formula is C13H17ClN2. The largest absolute Gasteiger partial charge is 0.362 e. The van der Waals surface area contributed by atoms with E-state index in [0.717, 1.165) is 24.5 Å². The number of piperazine rings is 1. The summed E-state index contributed by atoms with van der Waals surface area (Å²) >= 11 is 6.23. The highest BCUT2D eigenvalue weighted by Gasteiger charge is 2.36. The van der Waals surface area contributed by atoms with Crippen LogP contribution >= 0.6 is 11.6 Å². The van der Waals surface area contributed by atoms with Crippen LogP contribution in [0.5, 0.6) is 0 Å². The summed E-state index contributed by atoms with van der Waals surface area (Å²) in [6.07, 6.45) is 1.16. The molecule has 2 atom stereocenters. The number of hydrogen-bond donors (Lipinski definition) is 1. The van der Waals surface area contributed by atoms with Crippen molar-refractivity contribution in [2.75, 3.05) is 18.0 Å². The van der Waals surface area contributed by atoms with Gasteiger partial charge in [0.1, 0.15) is 0 Å². The van der Waals surface area contributed by atoms with Crippen LogP contribution in [0.15, 0.2) is 12.1 Å². The fraction of sp³-hybridized carbons (Fsp3) is 0.538. The van der Waals surface area contributed by atoms with E-state index in [1.54, 1.807) is 0 Å². The molecule has 3 rings (SSSR count). The molecule has 0 aliphatic carbocycles. The van der Waals surface area contributed by atoms with E-state index in [0.29, 0.717) is 12.1 Å². The lowest BCUT2D eigenvalue weighted by Crippen LogP contribution is -2.55. The molecule has 86 valence electrons. The molecule has 1 N–H and O–H groups in total. The number of nitrogens with zero attached hydrogens (tertiary/aromatic N) is 1. The van der Waals surface area contributed by atoms with Crippen LogP contribution in [-0.4, -0.2) is 25.2 Å². The van der Waals surface area contributed by atoms with Crippen LogP contribution in [0.2, 0.25) is 5.02 Å². The topological polar surface area (TPSA) is 15.3 Å². The number of halogens is 1. The second-order valence-corrected chi connectivity index (χ2v) is 5.36. The molecule has 1 saturated heterocycles. The van der Waals surface area contributed by atoms with Gasteiger partial charge in [-0.05, 0) is 37.5 Å². The Morgan fingerprint density at radius 2 is 2.19 bits per heavy atom. The monoisotopic (exact) mass is 236 g/mol. The van der Waals surface area contributed by atoms with Gasteiger partial charge in [0.25, 0.3) is 0 Å². The molecule has 0 amide bonds. The summed E-state index contributed by atoms with van der Waals surface area (Å²) in [5.41, 5.74) is 4.10. The summed E-state index contributed by atoms with van der Waals surface area (Å²) in [7, 11) is 0. The first-order valence-electron chi connectivity index (χ1n) is 5.95.